The molecule has 3 unspecified atom stereocenters. The topological polar surface area (TPSA) is 26.0 Å². The molecule has 4 heteroatoms. The molecule has 0 aromatic rings. The minimum absolute atomic E-state index is 0.0840. The molecule has 1 saturated heterocycles. The van der Waals surface area contributed by atoms with E-state index in [1.54, 1.807) is 0 Å². The highest BCUT2D eigenvalue weighted by atomic mass is 31.1. The number of quaternary nitrogens is 1. The summed E-state index contributed by atoms with van der Waals surface area (Å²) in [6.07, 6.45) is 11.5. The van der Waals surface area contributed by atoms with Crippen molar-refractivity contribution >= 4 is 13.6 Å². The van der Waals surface area contributed by atoms with Crippen molar-refractivity contribution in [3.05, 3.63) is 23.8 Å². The zero-order valence-electron chi connectivity index (χ0n) is 17.1. The summed E-state index contributed by atoms with van der Waals surface area (Å²) in [7, 11) is 1.73. The van der Waals surface area contributed by atoms with Crippen LogP contribution in [0.1, 0.15) is 60.3 Å². The zero-order chi connectivity index (χ0) is 18.4. The Morgan fingerprint density at radius 3 is 2.56 bits per heavy atom. The molecule has 1 N–H and O–H groups in total. The van der Waals surface area contributed by atoms with Gasteiger partial charge in [-0.05, 0) is 29.7 Å². The molecule has 1 fully saturated rings. The number of nitrogens with zero attached hydrogens (tertiary/aromatic N) is 1. The lowest BCUT2D eigenvalue weighted by Crippen LogP contribution is -3.10. The van der Waals surface area contributed by atoms with Crippen molar-refractivity contribution in [3.8, 4) is 0 Å². The van der Waals surface area contributed by atoms with E-state index in [0.29, 0.717) is 11.7 Å². The van der Waals surface area contributed by atoms with Gasteiger partial charge in [-0.3, -0.25) is 0 Å². The molecule has 0 aromatic carbocycles. The zero-order valence-corrected chi connectivity index (χ0v) is 18.0. The fourth-order valence-corrected chi connectivity index (χ4v) is 8.00. The molecule has 142 valence electrons. The summed E-state index contributed by atoms with van der Waals surface area (Å²) in [6, 6.07) is 0.525. The number of methoxy groups -OCH3 is 1. The summed E-state index contributed by atoms with van der Waals surface area (Å²) in [4.78, 5) is 0. The Balaban J connectivity index is 2.35. The van der Waals surface area contributed by atoms with Crippen LogP contribution >= 0.6 is 7.92 Å². The maximum absolute atomic E-state index is 5.46. The third-order valence-corrected chi connectivity index (χ3v) is 9.16. The van der Waals surface area contributed by atoms with Gasteiger partial charge in [0.05, 0.1) is 0 Å². The quantitative estimate of drug-likeness (QED) is 0.485. The molecule has 0 spiro atoms. The number of rotatable bonds is 9. The Hall–Kier alpha value is -0.500. The first-order valence-electron chi connectivity index (χ1n) is 10.1. The number of hydrogen-bond acceptors (Lipinski definition) is 2. The van der Waals surface area contributed by atoms with Crippen molar-refractivity contribution in [2.24, 2.45) is 5.10 Å². The van der Waals surface area contributed by atoms with E-state index in [0.717, 1.165) is 30.9 Å². The molecule has 0 bridgehead atoms. The van der Waals surface area contributed by atoms with Gasteiger partial charge < -0.3 is 4.74 Å². The van der Waals surface area contributed by atoms with Gasteiger partial charge in [0.1, 0.15) is 24.9 Å². The lowest BCUT2D eigenvalue weighted by Gasteiger charge is -2.35. The van der Waals surface area contributed by atoms with E-state index < -0.39 is 0 Å². The second-order valence-electron chi connectivity index (χ2n) is 7.92. The maximum atomic E-state index is 5.46. The van der Waals surface area contributed by atoms with Crippen LogP contribution in [0.25, 0.3) is 0 Å². The van der Waals surface area contributed by atoms with Gasteiger partial charge in [-0.25, -0.2) is 5.01 Å². The molecular weight excluding hydrogens is 327 g/mol. The third-order valence-electron chi connectivity index (χ3n) is 5.44. The predicted molar refractivity (Wildman–Crippen MR) is 111 cm³/mol. The fourth-order valence-electron chi connectivity index (χ4n) is 4.44. The summed E-state index contributed by atoms with van der Waals surface area (Å²) in [5.74, 6) is 0. The Bertz CT molecular complexity index is 502. The summed E-state index contributed by atoms with van der Waals surface area (Å²) < 4.78 is 5.46. The van der Waals surface area contributed by atoms with Crippen LogP contribution in [0, 0.1) is 0 Å². The van der Waals surface area contributed by atoms with Gasteiger partial charge in [0, 0.05) is 25.6 Å². The van der Waals surface area contributed by atoms with Gasteiger partial charge in [-0.1, -0.05) is 65.9 Å². The van der Waals surface area contributed by atoms with Crippen molar-refractivity contribution in [3.63, 3.8) is 0 Å². The highest BCUT2D eigenvalue weighted by Crippen LogP contribution is 2.53. The smallest absolute Gasteiger partial charge is 0.135 e. The molecule has 2 aliphatic rings. The maximum Gasteiger partial charge on any atom is 0.135 e. The van der Waals surface area contributed by atoms with Gasteiger partial charge in [-0.2, -0.15) is 0 Å². The minimum Gasteiger partial charge on any atom is -0.378 e. The SMILES string of the molecule is CCC(/C(=N\[NH+]1CCCC1COC)C1=CC=CC1)P(C(C)C)C(C)C. The first-order chi connectivity index (χ1) is 12.0. The van der Waals surface area contributed by atoms with Gasteiger partial charge >= 0.3 is 0 Å². The monoisotopic (exact) mass is 365 g/mol. The van der Waals surface area contributed by atoms with E-state index >= 15 is 0 Å². The number of ether oxygens (including phenoxy) is 1. The largest absolute Gasteiger partial charge is 0.378 e. The average Bonchev–Trinajstić information content (AvgIpc) is 3.22. The van der Waals surface area contributed by atoms with Crippen LogP contribution in [0.5, 0.6) is 0 Å². The van der Waals surface area contributed by atoms with Crippen LogP contribution < -0.4 is 5.01 Å². The number of allylic oxidation sites excluding steroid dienone is 4. The van der Waals surface area contributed by atoms with Crippen molar-refractivity contribution < 1.29 is 9.75 Å². The van der Waals surface area contributed by atoms with E-state index in [1.807, 2.05) is 7.11 Å². The first kappa shape index (κ1) is 20.8. The van der Waals surface area contributed by atoms with Crippen LogP contribution in [0.15, 0.2) is 28.9 Å². The minimum atomic E-state index is -0.0840. The van der Waals surface area contributed by atoms with Crippen LogP contribution in [0.3, 0.4) is 0 Å². The van der Waals surface area contributed by atoms with Gasteiger partial charge in [0.15, 0.2) is 0 Å². The molecule has 2 rings (SSSR count). The molecule has 0 amide bonds. The second kappa shape index (κ2) is 10.00. The summed E-state index contributed by atoms with van der Waals surface area (Å²) >= 11 is 0. The van der Waals surface area contributed by atoms with Crippen molar-refractivity contribution in [1.82, 2.24) is 0 Å². The highest BCUT2D eigenvalue weighted by Gasteiger charge is 2.35. The molecule has 3 atom stereocenters. The molecule has 0 saturated carbocycles. The summed E-state index contributed by atoms with van der Waals surface area (Å²) in [6.45, 7) is 14.0. The fraction of sp³-hybridized carbons (Fsp3) is 0.762. The highest BCUT2D eigenvalue weighted by molar-refractivity contribution is 7.60. The predicted octanol–water partition coefficient (Wildman–Crippen LogP) is 4.00. The Kier molecular flexibility index (Phi) is 8.32. The van der Waals surface area contributed by atoms with E-state index in [4.69, 9.17) is 9.84 Å². The molecule has 1 aliphatic heterocycles. The van der Waals surface area contributed by atoms with Crippen LogP contribution in [-0.2, 0) is 4.74 Å². The van der Waals surface area contributed by atoms with Crippen LogP contribution in [0.4, 0.5) is 0 Å². The van der Waals surface area contributed by atoms with Crippen molar-refractivity contribution in [2.75, 3.05) is 20.3 Å². The first-order valence-corrected chi connectivity index (χ1v) is 11.6. The lowest BCUT2D eigenvalue weighted by atomic mass is 10.1. The third kappa shape index (κ3) is 5.25. The molecule has 3 nitrogen and oxygen atoms in total. The van der Waals surface area contributed by atoms with Crippen LogP contribution in [0.2, 0.25) is 0 Å². The Morgan fingerprint density at radius 1 is 1.32 bits per heavy atom. The molecular formula is C21H38N2OP+. The van der Waals surface area contributed by atoms with Gasteiger partial charge in [0.25, 0.3) is 0 Å². The molecule has 1 aliphatic carbocycles. The number of hydrogen-bond donors (Lipinski definition) is 1. The van der Waals surface area contributed by atoms with E-state index in [9.17, 15) is 0 Å². The second-order valence-corrected chi connectivity index (χ2v) is 11.5. The lowest BCUT2D eigenvalue weighted by molar-refractivity contribution is -0.919. The van der Waals surface area contributed by atoms with Crippen LogP contribution in [-0.4, -0.2) is 49.0 Å². The summed E-state index contributed by atoms with van der Waals surface area (Å²) in [5, 5.41) is 6.77. The number of nitrogens with one attached hydrogen (secondary N) is 1. The van der Waals surface area contributed by atoms with E-state index in [-0.39, 0.29) is 7.92 Å². The van der Waals surface area contributed by atoms with E-state index in [2.05, 4.69) is 52.8 Å². The van der Waals surface area contributed by atoms with Gasteiger partial charge in [0.2, 0.25) is 0 Å². The molecule has 0 radical (unpaired) electrons. The average molecular weight is 366 g/mol. The standard InChI is InChI=1S/C21H37N2OP/c1-7-20(25(16(2)3)17(4)5)21(18-11-8-9-12-18)22-23-14-10-13-19(23)15-24-6/h8-9,11,16-17,19-20H,7,10,12-15H2,1-6H3/p+1/b22-21-. The van der Waals surface area contributed by atoms with Gasteiger partial charge in [-0.15, -0.1) is 0 Å². The molecule has 25 heavy (non-hydrogen) atoms. The molecule has 1 heterocycles. The summed E-state index contributed by atoms with van der Waals surface area (Å²) in [5.41, 5.74) is 4.94. The Morgan fingerprint density at radius 2 is 2.04 bits per heavy atom. The molecule has 0 aromatic heterocycles. The normalized spacial score (nSPS) is 25.5. The van der Waals surface area contributed by atoms with Crippen molar-refractivity contribution in [1.29, 1.82) is 0 Å². The van der Waals surface area contributed by atoms with E-state index in [1.165, 1.54) is 35.6 Å². The van der Waals surface area contributed by atoms with Crippen molar-refractivity contribution in [2.45, 2.75) is 83.3 Å². The Labute approximate surface area is 156 Å².